The zero-order chi connectivity index (χ0) is 19.6. The first-order valence-electron chi connectivity index (χ1n) is 8.70. The SMILES string of the molecule is CCc1cccc2c1n(CCOC)c(=N)n2CC(=O)c1ccc(Cl)cc1Cl. The molecule has 0 radical (unpaired) electrons. The van der Waals surface area contributed by atoms with Crippen LogP contribution in [0.15, 0.2) is 36.4 Å². The van der Waals surface area contributed by atoms with E-state index in [1.807, 2.05) is 22.8 Å². The van der Waals surface area contributed by atoms with E-state index in [0.29, 0.717) is 28.8 Å². The van der Waals surface area contributed by atoms with E-state index in [4.69, 9.17) is 33.3 Å². The van der Waals surface area contributed by atoms with E-state index >= 15 is 0 Å². The highest BCUT2D eigenvalue weighted by Crippen LogP contribution is 2.23. The molecule has 0 spiro atoms. The van der Waals surface area contributed by atoms with E-state index in [1.165, 1.54) is 0 Å². The number of fused-ring (bicyclic) bond motifs is 1. The molecule has 0 bridgehead atoms. The number of hydrogen-bond donors (Lipinski definition) is 1. The van der Waals surface area contributed by atoms with Gasteiger partial charge in [-0.3, -0.25) is 10.2 Å². The standard InChI is InChI=1S/C20H21Cl2N3O2/c1-3-13-5-4-6-17-19(13)24(9-10-27-2)20(23)25(17)12-18(26)15-8-7-14(21)11-16(15)22/h4-8,11,23H,3,9-10,12H2,1-2H3. The van der Waals surface area contributed by atoms with Gasteiger partial charge in [0.1, 0.15) is 0 Å². The van der Waals surface area contributed by atoms with Crippen molar-refractivity contribution in [1.29, 1.82) is 5.41 Å². The molecule has 0 amide bonds. The first-order valence-corrected chi connectivity index (χ1v) is 9.46. The second-order valence-electron chi connectivity index (χ2n) is 6.24. The third kappa shape index (κ3) is 3.81. The Hall–Kier alpha value is -2.08. The monoisotopic (exact) mass is 405 g/mol. The van der Waals surface area contributed by atoms with Gasteiger partial charge in [-0.1, -0.05) is 42.3 Å². The highest BCUT2D eigenvalue weighted by Gasteiger charge is 2.18. The van der Waals surface area contributed by atoms with Crippen LogP contribution in [-0.2, 0) is 24.2 Å². The normalized spacial score (nSPS) is 11.3. The molecule has 5 nitrogen and oxygen atoms in total. The maximum Gasteiger partial charge on any atom is 0.203 e. The van der Waals surface area contributed by atoms with E-state index in [1.54, 1.807) is 29.9 Å². The van der Waals surface area contributed by atoms with Crippen molar-refractivity contribution in [2.45, 2.75) is 26.4 Å². The summed E-state index contributed by atoms with van der Waals surface area (Å²) in [6.07, 6.45) is 0.838. The quantitative estimate of drug-likeness (QED) is 0.594. The molecule has 0 aliphatic rings. The van der Waals surface area contributed by atoms with Crippen LogP contribution in [-0.4, -0.2) is 28.6 Å². The number of carbonyl (C=O) groups is 1. The summed E-state index contributed by atoms with van der Waals surface area (Å²) in [7, 11) is 1.64. The number of aromatic nitrogens is 2. The van der Waals surface area contributed by atoms with Crippen molar-refractivity contribution in [3.63, 3.8) is 0 Å². The Balaban J connectivity index is 2.10. The zero-order valence-corrected chi connectivity index (χ0v) is 16.8. The lowest BCUT2D eigenvalue weighted by Crippen LogP contribution is -2.28. The fourth-order valence-electron chi connectivity index (χ4n) is 3.26. The van der Waals surface area contributed by atoms with E-state index in [-0.39, 0.29) is 17.9 Å². The molecule has 142 valence electrons. The maximum atomic E-state index is 12.9. The van der Waals surface area contributed by atoms with Gasteiger partial charge < -0.3 is 13.9 Å². The number of ether oxygens (including phenoxy) is 1. The Bertz CT molecular complexity index is 1050. The molecule has 1 aromatic heterocycles. The summed E-state index contributed by atoms with van der Waals surface area (Å²) >= 11 is 12.1. The molecule has 7 heteroatoms. The van der Waals surface area contributed by atoms with Crippen molar-refractivity contribution in [1.82, 2.24) is 9.13 Å². The number of ketones is 1. The van der Waals surface area contributed by atoms with Gasteiger partial charge in [-0.05, 0) is 36.2 Å². The van der Waals surface area contributed by atoms with Crippen LogP contribution in [0.5, 0.6) is 0 Å². The van der Waals surface area contributed by atoms with Crippen molar-refractivity contribution in [2.75, 3.05) is 13.7 Å². The van der Waals surface area contributed by atoms with Crippen LogP contribution < -0.4 is 5.62 Å². The molecule has 0 unspecified atom stereocenters. The van der Waals surface area contributed by atoms with Crippen molar-refractivity contribution >= 4 is 40.0 Å². The predicted octanol–water partition coefficient (Wildman–Crippen LogP) is 4.32. The van der Waals surface area contributed by atoms with Gasteiger partial charge in [0.2, 0.25) is 5.62 Å². The number of halogens is 2. The van der Waals surface area contributed by atoms with E-state index in [9.17, 15) is 4.79 Å². The molecule has 0 atom stereocenters. The van der Waals surface area contributed by atoms with Gasteiger partial charge in [-0.2, -0.15) is 0 Å². The summed E-state index contributed by atoms with van der Waals surface area (Å²) in [6, 6.07) is 10.8. The molecule has 0 saturated carbocycles. The van der Waals surface area contributed by atoms with Crippen LogP contribution in [0.4, 0.5) is 0 Å². The minimum Gasteiger partial charge on any atom is -0.383 e. The number of Topliss-reactive ketones (excluding diaryl/α,β-unsaturated/α-hetero) is 1. The number of nitrogens with zero attached hydrogens (tertiary/aromatic N) is 2. The molecule has 0 aliphatic heterocycles. The van der Waals surface area contributed by atoms with Gasteiger partial charge in [0.05, 0.1) is 29.2 Å². The van der Waals surface area contributed by atoms with Gasteiger partial charge >= 0.3 is 0 Å². The average molecular weight is 406 g/mol. The number of nitrogens with one attached hydrogen (secondary N) is 1. The van der Waals surface area contributed by atoms with E-state index in [0.717, 1.165) is 23.0 Å². The van der Waals surface area contributed by atoms with Crippen LogP contribution in [0, 0.1) is 5.41 Å². The Morgan fingerprint density at radius 1 is 1.19 bits per heavy atom. The number of hydrogen-bond acceptors (Lipinski definition) is 3. The van der Waals surface area contributed by atoms with Gasteiger partial charge in [0.15, 0.2) is 5.78 Å². The molecule has 1 N–H and O–H groups in total. The number of methoxy groups -OCH3 is 1. The smallest absolute Gasteiger partial charge is 0.203 e. The molecule has 0 fully saturated rings. The van der Waals surface area contributed by atoms with Crippen LogP contribution in [0.2, 0.25) is 10.0 Å². The largest absolute Gasteiger partial charge is 0.383 e. The first kappa shape index (κ1) is 19.7. The lowest BCUT2D eigenvalue weighted by atomic mass is 10.1. The molecule has 2 aromatic carbocycles. The lowest BCUT2D eigenvalue weighted by molar-refractivity contribution is 0.0971. The van der Waals surface area contributed by atoms with Crippen molar-refractivity contribution < 1.29 is 9.53 Å². The fourth-order valence-corrected chi connectivity index (χ4v) is 3.78. The minimum atomic E-state index is -0.164. The number of imidazole rings is 1. The van der Waals surface area contributed by atoms with Gasteiger partial charge in [-0.25, -0.2) is 0 Å². The zero-order valence-electron chi connectivity index (χ0n) is 15.3. The third-order valence-electron chi connectivity index (χ3n) is 4.60. The summed E-state index contributed by atoms with van der Waals surface area (Å²) < 4.78 is 8.82. The third-order valence-corrected chi connectivity index (χ3v) is 5.15. The Morgan fingerprint density at radius 3 is 2.63 bits per heavy atom. The molecule has 0 aliphatic carbocycles. The summed E-state index contributed by atoms with van der Waals surface area (Å²) in [5.74, 6) is -0.164. The maximum absolute atomic E-state index is 12.9. The molecule has 27 heavy (non-hydrogen) atoms. The van der Waals surface area contributed by atoms with Crippen LogP contribution in [0.1, 0.15) is 22.8 Å². The van der Waals surface area contributed by atoms with Crippen molar-refractivity contribution in [3.8, 4) is 0 Å². The highest BCUT2D eigenvalue weighted by molar-refractivity contribution is 6.36. The fraction of sp³-hybridized carbons (Fsp3) is 0.300. The molecule has 3 aromatic rings. The second kappa shape index (κ2) is 8.30. The Kier molecular flexibility index (Phi) is 6.05. The number of carbonyl (C=O) groups excluding carboxylic acids is 1. The average Bonchev–Trinajstić information content (AvgIpc) is 2.91. The highest BCUT2D eigenvalue weighted by atomic mass is 35.5. The van der Waals surface area contributed by atoms with Crippen LogP contribution in [0.3, 0.4) is 0 Å². The van der Waals surface area contributed by atoms with Gasteiger partial charge in [0.25, 0.3) is 0 Å². The molecule has 3 rings (SSSR count). The molecular formula is C20H21Cl2N3O2. The van der Waals surface area contributed by atoms with E-state index < -0.39 is 0 Å². The van der Waals surface area contributed by atoms with Crippen molar-refractivity contribution in [3.05, 3.63) is 63.2 Å². The van der Waals surface area contributed by atoms with E-state index in [2.05, 4.69) is 6.92 Å². The van der Waals surface area contributed by atoms with Gasteiger partial charge in [0, 0.05) is 24.2 Å². The second-order valence-corrected chi connectivity index (χ2v) is 7.08. The summed E-state index contributed by atoms with van der Waals surface area (Å²) in [6.45, 7) is 3.15. The lowest BCUT2D eigenvalue weighted by Gasteiger charge is -2.07. The first-order chi connectivity index (χ1) is 13.0. The summed E-state index contributed by atoms with van der Waals surface area (Å²) in [4.78, 5) is 12.9. The predicted molar refractivity (Wildman–Crippen MR) is 108 cm³/mol. The van der Waals surface area contributed by atoms with Gasteiger partial charge in [-0.15, -0.1) is 0 Å². The number of rotatable bonds is 7. The topological polar surface area (TPSA) is 60.0 Å². The van der Waals surface area contributed by atoms with Crippen LogP contribution in [0.25, 0.3) is 11.0 Å². The number of para-hydroxylation sites is 1. The summed E-state index contributed by atoms with van der Waals surface area (Å²) in [5, 5.41) is 9.43. The van der Waals surface area contributed by atoms with Crippen LogP contribution >= 0.6 is 23.2 Å². The summed E-state index contributed by atoms with van der Waals surface area (Å²) in [5.41, 5.74) is 3.62. The number of benzene rings is 2. The molecule has 0 saturated heterocycles. The minimum absolute atomic E-state index is 0.0316. The Labute approximate surface area is 167 Å². The molecular weight excluding hydrogens is 385 g/mol. The number of aryl methyl sites for hydroxylation is 1. The Morgan fingerprint density at radius 2 is 1.96 bits per heavy atom. The molecule has 1 heterocycles. The van der Waals surface area contributed by atoms with Crippen molar-refractivity contribution in [2.24, 2.45) is 0 Å².